The molecule has 5 heteroatoms. The van der Waals surface area contributed by atoms with E-state index in [1.54, 1.807) is 6.07 Å². The Morgan fingerprint density at radius 1 is 1.42 bits per heavy atom. The molecule has 1 fully saturated rings. The number of methoxy groups -OCH3 is 1. The van der Waals surface area contributed by atoms with Crippen molar-refractivity contribution >= 4 is 12.4 Å². The van der Waals surface area contributed by atoms with E-state index >= 15 is 0 Å². The lowest BCUT2D eigenvalue weighted by molar-refractivity contribution is 0.199. The van der Waals surface area contributed by atoms with Gasteiger partial charge in [0.15, 0.2) is 11.6 Å². The zero-order valence-corrected chi connectivity index (χ0v) is 11.9. The molecular weight excluding hydrogens is 267 g/mol. The zero-order chi connectivity index (χ0) is 13.0. The molecule has 1 aromatic rings. The van der Waals surface area contributed by atoms with Crippen LogP contribution in [0, 0.1) is 5.82 Å². The first-order valence-corrected chi connectivity index (χ1v) is 6.17. The second kappa shape index (κ2) is 7.48. The molecule has 0 unspecified atom stereocenters. The van der Waals surface area contributed by atoms with Crippen LogP contribution in [0.3, 0.4) is 0 Å². The number of para-hydroxylation sites is 1. The van der Waals surface area contributed by atoms with Crippen molar-refractivity contribution in [2.24, 2.45) is 0 Å². The first-order valence-electron chi connectivity index (χ1n) is 6.17. The summed E-state index contributed by atoms with van der Waals surface area (Å²) < 4.78 is 18.9. The van der Waals surface area contributed by atoms with Crippen LogP contribution in [-0.2, 0) is 0 Å². The molecule has 0 aromatic heterocycles. The number of nitrogens with one attached hydrogen (secondary N) is 1. The third kappa shape index (κ3) is 3.47. The van der Waals surface area contributed by atoms with Crippen LogP contribution in [0.5, 0.6) is 5.75 Å². The van der Waals surface area contributed by atoms with Crippen LogP contribution in [-0.4, -0.2) is 38.2 Å². The van der Waals surface area contributed by atoms with Crippen LogP contribution in [0.2, 0.25) is 0 Å². The number of hydrogen-bond acceptors (Lipinski definition) is 3. The minimum Gasteiger partial charge on any atom is -0.493 e. The predicted molar refractivity (Wildman–Crippen MR) is 77.6 cm³/mol. The van der Waals surface area contributed by atoms with Crippen molar-refractivity contribution in [2.75, 3.05) is 33.3 Å². The van der Waals surface area contributed by atoms with E-state index in [2.05, 4.69) is 16.8 Å². The summed E-state index contributed by atoms with van der Waals surface area (Å²) >= 11 is 0. The third-order valence-corrected chi connectivity index (χ3v) is 3.29. The molecule has 1 aliphatic rings. The van der Waals surface area contributed by atoms with Crippen LogP contribution in [0.15, 0.2) is 30.9 Å². The van der Waals surface area contributed by atoms with Gasteiger partial charge in [-0.15, -0.1) is 19.0 Å². The van der Waals surface area contributed by atoms with Crippen molar-refractivity contribution in [1.29, 1.82) is 0 Å². The van der Waals surface area contributed by atoms with E-state index in [9.17, 15) is 4.39 Å². The largest absolute Gasteiger partial charge is 0.493 e. The summed E-state index contributed by atoms with van der Waals surface area (Å²) in [5.41, 5.74) is 0.842. The summed E-state index contributed by atoms with van der Waals surface area (Å²) in [6.45, 7) is 7.62. The van der Waals surface area contributed by atoms with Gasteiger partial charge >= 0.3 is 0 Å². The standard InChI is InChI=1S/C14H19FN2O.ClH/c1-3-13(17-9-7-16-8-10-17)11-5-4-6-12(15)14(11)18-2;/h3-6,13,16H,1,7-10H2,2H3;1H/t13-;/m0./s1. The average Bonchev–Trinajstić information content (AvgIpc) is 2.41. The van der Waals surface area contributed by atoms with Gasteiger partial charge in [0.25, 0.3) is 0 Å². The highest BCUT2D eigenvalue weighted by Gasteiger charge is 2.23. The molecule has 1 heterocycles. The van der Waals surface area contributed by atoms with Gasteiger partial charge in [-0.3, -0.25) is 4.90 Å². The molecule has 0 amide bonds. The van der Waals surface area contributed by atoms with Crippen LogP contribution >= 0.6 is 12.4 Å². The number of nitrogens with zero attached hydrogens (tertiary/aromatic N) is 1. The van der Waals surface area contributed by atoms with Crippen LogP contribution in [0.4, 0.5) is 4.39 Å². The summed E-state index contributed by atoms with van der Waals surface area (Å²) in [7, 11) is 1.50. The number of hydrogen-bond donors (Lipinski definition) is 1. The van der Waals surface area contributed by atoms with Crippen LogP contribution < -0.4 is 10.1 Å². The van der Waals surface area contributed by atoms with Crippen molar-refractivity contribution in [3.8, 4) is 5.75 Å². The Bertz CT molecular complexity index is 422. The van der Waals surface area contributed by atoms with E-state index in [1.165, 1.54) is 13.2 Å². The van der Waals surface area contributed by atoms with Gasteiger partial charge in [0, 0.05) is 31.7 Å². The van der Waals surface area contributed by atoms with Gasteiger partial charge in [-0.1, -0.05) is 18.2 Å². The van der Waals surface area contributed by atoms with Gasteiger partial charge in [0.1, 0.15) is 0 Å². The van der Waals surface area contributed by atoms with Gasteiger partial charge in [0.05, 0.1) is 13.2 Å². The quantitative estimate of drug-likeness (QED) is 0.860. The van der Waals surface area contributed by atoms with Crippen LogP contribution in [0.25, 0.3) is 0 Å². The number of halogens is 2. The molecule has 106 valence electrons. The summed E-state index contributed by atoms with van der Waals surface area (Å²) in [5, 5.41) is 3.30. The van der Waals surface area contributed by atoms with E-state index in [0.29, 0.717) is 5.75 Å². The number of rotatable bonds is 4. The maximum Gasteiger partial charge on any atom is 0.165 e. The molecular formula is C14H20ClFN2O. The lowest BCUT2D eigenvalue weighted by Crippen LogP contribution is -2.44. The Labute approximate surface area is 119 Å². The monoisotopic (exact) mass is 286 g/mol. The van der Waals surface area contributed by atoms with Crippen molar-refractivity contribution in [3.05, 3.63) is 42.2 Å². The Hall–Kier alpha value is -1.10. The molecule has 19 heavy (non-hydrogen) atoms. The average molecular weight is 287 g/mol. The topological polar surface area (TPSA) is 24.5 Å². The van der Waals surface area contributed by atoms with E-state index in [-0.39, 0.29) is 24.3 Å². The molecule has 0 aliphatic carbocycles. The minimum absolute atomic E-state index is 0. The van der Waals surface area contributed by atoms with E-state index in [0.717, 1.165) is 31.7 Å². The van der Waals surface area contributed by atoms with Crippen molar-refractivity contribution < 1.29 is 9.13 Å². The highest BCUT2D eigenvalue weighted by Crippen LogP contribution is 2.32. The summed E-state index contributed by atoms with van der Waals surface area (Å²) in [6, 6.07) is 5.03. The van der Waals surface area contributed by atoms with Crippen molar-refractivity contribution in [3.63, 3.8) is 0 Å². The maximum absolute atomic E-state index is 13.7. The van der Waals surface area contributed by atoms with E-state index in [4.69, 9.17) is 4.74 Å². The molecule has 3 nitrogen and oxygen atoms in total. The highest BCUT2D eigenvalue weighted by molar-refractivity contribution is 5.85. The Morgan fingerprint density at radius 2 is 2.11 bits per heavy atom. The fourth-order valence-corrected chi connectivity index (χ4v) is 2.41. The molecule has 0 saturated carbocycles. The fourth-order valence-electron chi connectivity index (χ4n) is 2.41. The van der Waals surface area contributed by atoms with Crippen molar-refractivity contribution in [1.82, 2.24) is 10.2 Å². The summed E-state index contributed by atoms with van der Waals surface area (Å²) in [5.74, 6) is -0.00193. The van der Waals surface area contributed by atoms with E-state index < -0.39 is 0 Å². The molecule has 1 aromatic carbocycles. The molecule has 1 aliphatic heterocycles. The first-order chi connectivity index (χ1) is 8.77. The lowest BCUT2D eigenvalue weighted by atomic mass is 10.0. The SMILES string of the molecule is C=C[C@@H](c1cccc(F)c1OC)N1CCNCC1.Cl. The first kappa shape index (κ1) is 16.0. The molecule has 1 saturated heterocycles. The van der Waals surface area contributed by atoms with Gasteiger partial charge in [-0.2, -0.15) is 0 Å². The molecule has 1 N–H and O–H groups in total. The molecule has 2 rings (SSSR count). The van der Waals surface area contributed by atoms with Crippen molar-refractivity contribution in [2.45, 2.75) is 6.04 Å². The number of benzene rings is 1. The van der Waals surface area contributed by atoms with Crippen LogP contribution in [0.1, 0.15) is 11.6 Å². The van der Waals surface area contributed by atoms with Gasteiger partial charge in [-0.05, 0) is 6.07 Å². The maximum atomic E-state index is 13.7. The summed E-state index contributed by atoms with van der Waals surface area (Å²) in [6.07, 6.45) is 1.85. The zero-order valence-electron chi connectivity index (χ0n) is 11.1. The second-order valence-corrected chi connectivity index (χ2v) is 4.33. The smallest absolute Gasteiger partial charge is 0.165 e. The molecule has 0 radical (unpaired) electrons. The number of ether oxygens (including phenoxy) is 1. The van der Waals surface area contributed by atoms with Gasteiger partial charge < -0.3 is 10.1 Å². The van der Waals surface area contributed by atoms with Gasteiger partial charge in [0.2, 0.25) is 0 Å². The molecule has 0 spiro atoms. The summed E-state index contributed by atoms with van der Waals surface area (Å²) in [4.78, 5) is 2.28. The fraction of sp³-hybridized carbons (Fsp3) is 0.429. The lowest BCUT2D eigenvalue weighted by Gasteiger charge is -2.34. The third-order valence-electron chi connectivity index (χ3n) is 3.29. The minimum atomic E-state index is -0.322. The molecule has 1 atom stereocenters. The normalized spacial score (nSPS) is 17.4. The highest BCUT2D eigenvalue weighted by atomic mass is 35.5. The van der Waals surface area contributed by atoms with Gasteiger partial charge in [-0.25, -0.2) is 4.39 Å². The predicted octanol–water partition coefficient (Wildman–Crippen LogP) is 2.39. The second-order valence-electron chi connectivity index (χ2n) is 4.33. The Morgan fingerprint density at radius 3 is 2.68 bits per heavy atom. The Kier molecular flexibility index (Phi) is 6.28. The van der Waals surface area contributed by atoms with E-state index in [1.807, 2.05) is 12.1 Å². The number of piperazine rings is 1. The molecule has 0 bridgehead atoms. The Balaban J connectivity index is 0.00000180.